The third kappa shape index (κ3) is 5.05. The van der Waals surface area contributed by atoms with E-state index in [1.165, 1.54) is 43.8 Å². The number of aryl methyl sites for hydroxylation is 1. The normalized spacial score (nSPS) is 18.1. The number of hydrogen-bond donors (Lipinski definition) is 2. The van der Waals surface area contributed by atoms with Crippen molar-refractivity contribution >= 4 is 44.9 Å². The molecule has 10 heteroatoms. The number of benzene rings is 1. The number of esters is 1. The molecule has 1 aromatic carbocycles. The van der Waals surface area contributed by atoms with E-state index in [0.29, 0.717) is 37.9 Å². The molecule has 1 aliphatic rings. The van der Waals surface area contributed by atoms with Crippen LogP contribution in [0, 0.1) is 12.7 Å². The molecule has 1 fully saturated rings. The molecule has 2 N–H and O–H groups in total. The number of nitrogens with one attached hydrogen (secondary N) is 2. The summed E-state index contributed by atoms with van der Waals surface area (Å²) in [5, 5.41) is 6.88. The number of carbonyl (C=O) groups excluding carboxylic acids is 2. The smallest absolute Gasteiger partial charge is 0.348 e. The van der Waals surface area contributed by atoms with Crippen molar-refractivity contribution in [3.8, 4) is 5.75 Å². The second-order valence-electron chi connectivity index (χ2n) is 8.01. The largest absolute Gasteiger partial charge is 0.488 e. The van der Waals surface area contributed by atoms with Gasteiger partial charge in [0.05, 0.1) is 24.3 Å². The van der Waals surface area contributed by atoms with Gasteiger partial charge in [-0.1, -0.05) is 0 Å². The van der Waals surface area contributed by atoms with E-state index >= 15 is 0 Å². The highest BCUT2D eigenvalue weighted by molar-refractivity contribution is 7.20. The van der Waals surface area contributed by atoms with Gasteiger partial charge in [0.25, 0.3) is 0 Å². The van der Waals surface area contributed by atoms with Gasteiger partial charge in [-0.25, -0.2) is 19.2 Å². The lowest BCUT2D eigenvalue weighted by molar-refractivity contribution is -0.120. The Morgan fingerprint density at radius 1 is 1.18 bits per heavy atom. The van der Waals surface area contributed by atoms with Crippen molar-refractivity contribution in [1.29, 1.82) is 0 Å². The van der Waals surface area contributed by atoms with Crippen molar-refractivity contribution in [1.82, 2.24) is 15.3 Å². The summed E-state index contributed by atoms with van der Waals surface area (Å²) in [5.41, 5.74) is 1.27. The second kappa shape index (κ2) is 9.70. The molecule has 2 heterocycles. The third-order valence-electron chi connectivity index (χ3n) is 5.67. The minimum absolute atomic E-state index is 0.0359. The first-order chi connectivity index (χ1) is 15.9. The first-order valence-corrected chi connectivity index (χ1v) is 11.5. The molecule has 8 nitrogen and oxygen atoms in total. The van der Waals surface area contributed by atoms with Crippen molar-refractivity contribution in [2.75, 3.05) is 12.4 Å². The molecule has 3 aromatic rings. The highest BCUT2D eigenvalue weighted by Gasteiger charge is 2.25. The predicted molar refractivity (Wildman–Crippen MR) is 124 cm³/mol. The van der Waals surface area contributed by atoms with Gasteiger partial charge in [0, 0.05) is 19.0 Å². The van der Waals surface area contributed by atoms with Crippen LogP contribution in [0.1, 0.15) is 47.8 Å². The zero-order valence-corrected chi connectivity index (χ0v) is 19.4. The Morgan fingerprint density at radius 2 is 1.94 bits per heavy atom. The molecule has 0 radical (unpaired) electrons. The van der Waals surface area contributed by atoms with Crippen LogP contribution in [-0.4, -0.2) is 41.1 Å². The van der Waals surface area contributed by atoms with E-state index in [9.17, 15) is 14.0 Å². The summed E-state index contributed by atoms with van der Waals surface area (Å²) in [7, 11) is 1.34. The van der Waals surface area contributed by atoms with Crippen LogP contribution in [0.25, 0.3) is 10.2 Å². The van der Waals surface area contributed by atoms with E-state index in [-0.39, 0.29) is 18.1 Å². The number of aromatic nitrogens is 2. The van der Waals surface area contributed by atoms with E-state index in [2.05, 4.69) is 20.6 Å². The van der Waals surface area contributed by atoms with Gasteiger partial charge in [0.15, 0.2) is 0 Å². The SMILES string of the molecule is COC(=O)c1sc2ncnc(Nc3ccc(F)cc3OC3CCC(NC(C)=O)CC3)c2c1C. The van der Waals surface area contributed by atoms with Gasteiger partial charge >= 0.3 is 5.97 Å². The topological polar surface area (TPSA) is 102 Å². The molecule has 0 unspecified atom stereocenters. The lowest BCUT2D eigenvalue weighted by Crippen LogP contribution is -2.38. The molecule has 1 aliphatic carbocycles. The number of rotatable bonds is 6. The van der Waals surface area contributed by atoms with Crippen LogP contribution in [0.15, 0.2) is 24.5 Å². The van der Waals surface area contributed by atoms with Crippen molar-refractivity contribution in [3.63, 3.8) is 0 Å². The van der Waals surface area contributed by atoms with Crippen LogP contribution in [0.4, 0.5) is 15.9 Å². The minimum atomic E-state index is -0.429. The van der Waals surface area contributed by atoms with Gasteiger partial charge in [0.2, 0.25) is 5.91 Å². The number of hydrogen-bond acceptors (Lipinski definition) is 8. The minimum Gasteiger partial charge on any atom is -0.488 e. The maximum absolute atomic E-state index is 14.1. The molecule has 4 rings (SSSR count). The zero-order chi connectivity index (χ0) is 23.5. The Kier molecular flexibility index (Phi) is 6.73. The number of fused-ring (bicyclic) bond motifs is 1. The number of thiophene rings is 1. The molecular weight excluding hydrogens is 447 g/mol. The number of carbonyl (C=O) groups is 2. The highest BCUT2D eigenvalue weighted by atomic mass is 32.1. The molecule has 0 aliphatic heterocycles. The fourth-order valence-electron chi connectivity index (χ4n) is 4.07. The van der Waals surface area contributed by atoms with Gasteiger partial charge < -0.3 is 20.1 Å². The number of nitrogens with zero attached hydrogens (tertiary/aromatic N) is 2. The summed E-state index contributed by atoms with van der Waals surface area (Å²) in [6.07, 6.45) is 4.44. The molecule has 1 amide bonds. The first kappa shape index (κ1) is 22.9. The van der Waals surface area contributed by atoms with Crippen molar-refractivity contribution in [3.05, 3.63) is 40.8 Å². The average Bonchev–Trinajstić information content (AvgIpc) is 3.13. The summed E-state index contributed by atoms with van der Waals surface area (Å²) >= 11 is 1.23. The van der Waals surface area contributed by atoms with E-state index in [4.69, 9.17) is 9.47 Å². The summed E-state index contributed by atoms with van der Waals surface area (Å²) in [5.74, 6) is 0.00361. The van der Waals surface area contributed by atoms with Crippen LogP contribution >= 0.6 is 11.3 Å². The van der Waals surface area contributed by atoms with Crippen LogP contribution in [0.3, 0.4) is 0 Å². The molecular formula is C23H25FN4O4S. The zero-order valence-electron chi connectivity index (χ0n) is 18.6. The first-order valence-electron chi connectivity index (χ1n) is 10.7. The van der Waals surface area contributed by atoms with E-state index in [1.54, 1.807) is 6.07 Å². The quantitative estimate of drug-likeness (QED) is 0.510. The molecule has 0 atom stereocenters. The Bertz CT molecular complexity index is 1190. The Morgan fingerprint density at radius 3 is 2.64 bits per heavy atom. The monoisotopic (exact) mass is 472 g/mol. The van der Waals surface area contributed by atoms with E-state index in [1.807, 2.05) is 6.92 Å². The summed E-state index contributed by atoms with van der Waals surface area (Å²) in [6, 6.07) is 4.44. The Labute approximate surface area is 194 Å². The molecule has 33 heavy (non-hydrogen) atoms. The predicted octanol–water partition coefficient (Wildman–Crippen LogP) is 4.50. The highest BCUT2D eigenvalue weighted by Crippen LogP contribution is 2.37. The van der Waals surface area contributed by atoms with Gasteiger partial charge in [-0.2, -0.15) is 0 Å². The fourth-order valence-corrected chi connectivity index (χ4v) is 5.14. The van der Waals surface area contributed by atoms with Crippen molar-refractivity contribution < 1.29 is 23.5 Å². The summed E-state index contributed by atoms with van der Waals surface area (Å²) < 4.78 is 25.1. The molecule has 0 spiro atoms. The number of anilines is 2. The Hall–Kier alpha value is -3.27. The van der Waals surface area contributed by atoms with Crippen molar-refractivity contribution in [2.45, 2.75) is 51.7 Å². The number of amides is 1. The lowest BCUT2D eigenvalue weighted by atomic mass is 9.93. The number of ether oxygens (including phenoxy) is 2. The number of methoxy groups -OCH3 is 1. The molecule has 1 saturated carbocycles. The average molecular weight is 473 g/mol. The molecule has 2 aromatic heterocycles. The van der Waals surface area contributed by atoms with Gasteiger partial charge in [0.1, 0.15) is 33.4 Å². The van der Waals surface area contributed by atoms with Crippen LogP contribution in [-0.2, 0) is 9.53 Å². The lowest BCUT2D eigenvalue weighted by Gasteiger charge is -2.30. The van der Waals surface area contributed by atoms with Crippen LogP contribution in [0.2, 0.25) is 0 Å². The van der Waals surface area contributed by atoms with Gasteiger partial charge in [-0.3, -0.25) is 4.79 Å². The maximum Gasteiger partial charge on any atom is 0.348 e. The second-order valence-corrected chi connectivity index (χ2v) is 9.01. The van der Waals surface area contributed by atoms with E-state index in [0.717, 1.165) is 25.7 Å². The Balaban J connectivity index is 1.58. The van der Waals surface area contributed by atoms with Gasteiger partial charge in [-0.15, -0.1) is 11.3 Å². The third-order valence-corrected chi connectivity index (χ3v) is 6.85. The van der Waals surface area contributed by atoms with E-state index < -0.39 is 11.8 Å². The van der Waals surface area contributed by atoms with Crippen LogP contribution < -0.4 is 15.4 Å². The molecule has 0 bridgehead atoms. The number of halogens is 1. The van der Waals surface area contributed by atoms with Gasteiger partial charge in [-0.05, 0) is 50.3 Å². The maximum atomic E-state index is 14.1. The van der Waals surface area contributed by atoms with Crippen LogP contribution in [0.5, 0.6) is 5.75 Å². The standard InChI is InChI=1S/C23H25FN4O4S/c1-12-19-21(25-11-26-22(19)33-20(12)23(30)31-3)28-17-9-4-14(24)10-18(17)32-16-7-5-15(6-8-16)27-13(2)29/h4,9-11,15-16H,5-8H2,1-3H3,(H,27,29)(H,25,26,28). The fraction of sp³-hybridized carbons (Fsp3) is 0.391. The summed E-state index contributed by atoms with van der Waals surface area (Å²) in [4.78, 5) is 33.1. The molecule has 174 valence electrons. The summed E-state index contributed by atoms with van der Waals surface area (Å²) in [6.45, 7) is 3.33. The molecule has 0 saturated heterocycles. The van der Waals surface area contributed by atoms with Crippen molar-refractivity contribution in [2.24, 2.45) is 0 Å².